The molecule has 1 aromatic rings. The molecule has 0 aromatic heterocycles. The van der Waals surface area contributed by atoms with Crippen LogP contribution in [0.4, 0.5) is 5.69 Å². The molecule has 114 valence electrons. The van der Waals surface area contributed by atoms with Crippen molar-refractivity contribution in [3.63, 3.8) is 0 Å². The summed E-state index contributed by atoms with van der Waals surface area (Å²) in [4.78, 5) is 21.5. The molecule has 21 heavy (non-hydrogen) atoms. The molecule has 0 spiro atoms. The van der Waals surface area contributed by atoms with Gasteiger partial charge in [0.2, 0.25) is 0 Å². The van der Waals surface area contributed by atoms with E-state index in [2.05, 4.69) is 5.32 Å². The van der Waals surface area contributed by atoms with Gasteiger partial charge in [-0.15, -0.1) is 0 Å². The monoisotopic (exact) mass is 294 g/mol. The summed E-state index contributed by atoms with van der Waals surface area (Å²) in [7, 11) is 0. The number of nitrogens with zero attached hydrogens (tertiary/aromatic N) is 1. The minimum atomic E-state index is -1.28. The van der Waals surface area contributed by atoms with E-state index in [0.717, 1.165) is 13.0 Å². The van der Waals surface area contributed by atoms with Crippen LogP contribution in [0.2, 0.25) is 0 Å². The number of benzene rings is 1. The summed E-state index contributed by atoms with van der Waals surface area (Å²) in [6, 6.07) is 4.31. The van der Waals surface area contributed by atoms with Crippen molar-refractivity contribution in [2.75, 3.05) is 13.2 Å². The van der Waals surface area contributed by atoms with Gasteiger partial charge in [0.05, 0.1) is 11.0 Å². The van der Waals surface area contributed by atoms with E-state index < -0.39 is 10.9 Å². The van der Waals surface area contributed by atoms with Gasteiger partial charge in [0, 0.05) is 25.8 Å². The summed E-state index contributed by atoms with van der Waals surface area (Å²) < 4.78 is 5.46. The van der Waals surface area contributed by atoms with E-state index in [1.807, 2.05) is 6.92 Å². The summed E-state index contributed by atoms with van der Waals surface area (Å²) >= 11 is 0. The molecule has 0 radical (unpaired) electrons. The van der Waals surface area contributed by atoms with Crippen LogP contribution < -0.4 is 5.32 Å². The third kappa shape index (κ3) is 3.56. The minimum absolute atomic E-state index is 0.182. The zero-order chi connectivity index (χ0) is 15.4. The van der Waals surface area contributed by atoms with Crippen LogP contribution in [0, 0.1) is 16.0 Å². The molecule has 7 heteroatoms. The molecular formula is C14H18N2O5. The first-order valence-corrected chi connectivity index (χ1v) is 6.82. The molecule has 2 N–H and O–H groups in total. The highest BCUT2D eigenvalue weighted by Gasteiger charge is 2.25. The van der Waals surface area contributed by atoms with Gasteiger partial charge in [0.1, 0.15) is 5.56 Å². The summed E-state index contributed by atoms with van der Waals surface area (Å²) in [5.74, 6) is -0.895. The molecule has 2 atom stereocenters. The van der Waals surface area contributed by atoms with E-state index >= 15 is 0 Å². The molecule has 1 heterocycles. The normalized spacial score (nSPS) is 21.4. The molecular weight excluding hydrogens is 276 g/mol. The van der Waals surface area contributed by atoms with Crippen LogP contribution in [0.15, 0.2) is 18.2 Å². The average molecular weight is 294 g/mol. The molecule has 2 unspecified atom stereocenters. The van der Waals surface area contributed by atoms with Crippen LogP contribution in [0.5, 0.6) is 0 Å². The van der Waals surface area contributed by atoms with Crippen molar-refractivity contribution in [2.24, 2.45) is 5.92 Å². The Labute approximate surface area is 122 Å². The molecule has 0 amide bonds. The SMILES string of the molecule is CC1OCCC1CNCc1cccc([N+](=O)[O-])c1C(=O)O. The third-order valence-electron chi connectivity index (χ3n) is 3.79. The highest BCUT2D eigenvalue weighted by molar-refractivity contribution is 5.94. The quantitative estimate of drug-likeness (QED) is 0.613. The minimum Gasteiger partial charge on any atom is -0.477 e. The van der Waals surface area contributed by atoms with Gasteiger partial charge in [-0.05, 0) is 24.8 Å². The number of ether oxygens (including phenoxy) is 1. The molecule has 0 bridgehead atoms. The first-order chi connectivity index (χ1) is 10.0. The molecule has 1 saturated heterocycles. The molecule has 0 aliphatic carbocycles. The lowest BCUT2D eigenvalue weighted by Crippen LogP contribution is -2.27. The third-order valence-corrected chi connectivity index (χ3v) is 3.79. The molecule has 1 fully saturated rings. The van der Waals surface area contributed by atoms with Crippen molar-refractivity contribution in [1.29, 1.82) is 0 Å². The second kappa shape index (κ2) is 6.64. The highest BCUT2D eigenvalue weighted by Crippen LogP contribution is 2.23. The van der Waals surface area contributed by atoms with Gasteiger partial charge in [-0.25, -0.2) is 4.79 Å². The van der Waals surface area contributed by atoms with Crippen LogP contribution in [0.3, 0.4) is 0 Å². The number of aromatic carboxylic acids is 1. The maximum atomic E-state index is 11.3. The largest absolute Gasteiger partial charge is 0.477 e. The zero-order valence-corrected chi connectivity index (χ0v) is 11.7. The Hall–Kier alpha value is -1.99. The second-order valence-corrected chi connectivity index (χ2v) is 5.13. The van der Waals surface area contributed by atoms with Gasteiger partial charge < -0.3 is 15.2 Å². The van der Waals surface area contributed by atoms with Crippen LogP contribution >= 0.6 is 0 Å². The Bertz CT molecular complexity index is 546. The summed E-state index contributed by atoms with van der Waals surface area (Å²) in [5, 5.41) is 23.3. The fourth-order valence-electron chi connectivity index (χ4n) is 2.57. The zero-order valence-electron chi connectivity index (χ0n) is 11.7. The van der Waals surface area contributed by atoms with Crippen molar-refractivity contribution < 1.29 is 19.6 Å². The van der Waals surface area contributed by atoms with E-state index in [1.54, 1.807) is 6.07 Å². The topological polar surface area (TPSA) is 102 Å². The maximum Gasteiger partial charge on any atom is 0.343 e. The fraction of sp³-hybridized carbons (Fsp3) is 0.500. The van der Waals surface area contributed by atoms with E-state index in [1.165, 1.54) is 12.1 Å². The van der Waals surface area contributed by atoms with Crippen molar-refractivity contribution in [1.82, 2.24) is 5.32 Å². The van der Waals surface area contributed by atoms with Crippen LogP contribution in [-0.2, 0) is 11.3 Å². The van der Waals surface area contributed by atoms with Crippen LogP contribution in [-0.4, -0.2) is 35.3 Å². The predicted octanol–water partition coefficient (Wildman–Crippen LogP) is 1.81. The fourth-order valence-corrected chi connectivity index (χ4v) is 2.57. The first kappa shape index (κ1) is 15.4. The lowest BCUT2D eigenvalue weighted by Gasteiger charge is -2.15. The smallest absolute Gasteiger partial charge is 0.343 e. The van der Waals surface area contributed by atoms with Crippen molar-refractivity contribution in [3.8, 4) is 0 Å². The van der Waals surface area contributed by atoms with E-state index in [-0.39, 0.29) is 23.9 Å². The lowest BCUT2D eigenvalue weighted by atomic mass is 10.0. The van der Waals surface area contributed by atoms with E-state index in [4.69, 9.17) is 4.74 Å². The second-order valence-electron chi connectivity index (χ2n) is 5.13. The average Bonchev–Trinajstić information content (AvgIpc) is 2.84. The summed E-state index contributed by atoms with van der Waals surface area (Å²) in [5.41, 5.74) is -0.201. The Morgan fingerprint density at radius 1 is 1.57 bits per heavy atom. The lowest BCUT2D eigenvalue weighted by molar-refractivity contribution is -0.385. The van der Waals surface area contributed by atoms with Crippen molar-refractivity contribution >= 4 is 11.7 Å². The number of carboxylic acid groups (broad SMARTS) is 1. The molecule has 1 aliphatic heterocycles. The van der Waals surface area contributed by atoms with Crippen molar-refractivity contribution in [3.05, 3.63) is 39.4 Å². The molecule has 0 saturated carbocycles. The van der Waals surface area contributed by atoms with Gasteiger partial charge in [-0.1, -0.05) is 12.1 Å². The summed E-state index contributed by atoms with van der Waals surface area (Å²) in [6.45, 7) is 3.73. The predicted molar refractivity (Wildman–Crippen MR) is 75.3 cm³/mol. The van der Waals surface area contributed by atoms with Crippen LogP contribution in [0.25, 0.3) is 0 Å². The Balaban J connectivity index is 2.07. The number of carboxylic acids is 1. The highest BCUT2D eigenvalue weighted by atomic mass is 16.6. The Kier molecular flexibility index (Phi) is 4.87. The number of nitro groups is 1. The van der Waals surface area contributed by atoms with Gasteiger partial charge in [-0.3, -0.25) is 10.1 Å². The Morgan fingerprint density at radius 2 is 2.33 bits per heavy atom. The van der Waals surface area contributed by atoms with Crippen LogP contribution in [0.1, 0.15) is 29.3 Å². The van der Waals surface area contributed by atoms with Gasteiger partial charge >= 0.3 is 5.97 Å². The number of carbonyl (C=O) groups is 1. The van der Waals surface area contributed by atoms with Crippen molar-refractivity contribution in [2.45, 2.75) is 26.0 Å². The molecule has 2 rings (SSSR count). The first-order valence-electron chi connectivity index (χ1n) is 6.82. The molecule has 7 nitrogen and oxygen atoms in total. The number of nitrogens with one attached hydrogen (secondary N) is 1. The maximum absolute atomic E-state index is 11.3. The Morgan fingerprint density at radius 3 is 2.90 bits per heavy atom. The van der Waals surface area contributed by atoms with Gasteiger partial charge in [0.25, 0.3) is 5.69 Å². The van der Waals surface area contributed by atoms with E-state index in [0.29, 0.717) is 18.0 Å². The molecule has 1 aromatic carbocycles. The number of hydrogen-bond donors (Lipinski definition) is 2. The molecule has 1 aliphatic rings. The van der Waals surface area contributed by atoms with Gasteiger partial charge in [0.15, 0.2) is 0 Å². The van der Waals surface area contributed by atoms with E-state index in [9.17, 15) is 20.0 Å². The standard InChI is InChI=1S/C14H18N2O5/c1-9-10(5-6-21-9)7-15-8-11-3-2-4-12(16(19)20)13(11)14(17)18/h2-4,9-10,15H,5-8H2,1H3,(H,17,18). The summed E-state index contributed by atoms with van der Waals surface area (Å²) in [6.07, 6.45) is 1.15. The van der Waals surface area contributed by atoms with Gasteiger partial charge in [-0.2, -0.15) is 0 Å². The number of rotatable bonds is 6. The number of nitro benzene ring substituents is 1. The number of hydrogen-bond acceptors (Lipinski definition) is 5.